The SMILES string of the molecule is Cn1cnnc1CNc1nc(C(=O)O)co1. The minimum atomic E-state index is -1.13. The van der Waals surface area contributed by atoms with Gasteiger partial charge in [0.25, 0.3) is 6.01 Å². The number of hydrogen-bond donors (Lipinski definition) is 2. The first-order valence-electron chi connectivity index (χ1n) is 4.42. The molecule has 0 saturated heterocycles. The summed E-state index contributed by atoms with van der Waals surface area (Å²) in [6.45, 7) is 0.357. The summed E-state index contributed by atoms with van der Waals surface area (Å²) in [4.78, 5) is 14.2. The van der Waals surface area contributed by atoms with Crippen molar-refractivity contribution < 1.29 is 14.3 Å². The number of aromatic carboxylic acids is 1. The van der Waals surface area contributed by atoms with Crippen LogP contribution in [0.15, 0.2) is 17.0 Å². The highest BCUT2D eigenvalue weighted by Crippen LogP contribution is 2.08. The Labute approximate surface area is 89.9 Å². The number of rotatable bonds is 4. The van der Waals surface area contributed by atoms with Gasteiger partial charge in [-0.05, 0) is 0 Å². The highest BCUT2D eigenvalue weighted by Gasteiger charge is 2.10. The smallest absolute Gasteiger partial charge is 0.357 e. The molecule has 0 aliphatic carbocycles. The van der Waals surface area contributed by atoms with E-state index in [-0.39, 0.29) is 11.7 Å². The number of nitrogens with zero attached hydrogens (tertiary/aromatic N) is 4. The molecule has 0 saturated carbocycles. The molecule has 84 valence electrons. The molecule has 8 heteroatoms. The van der Waals surface area contributed by atoms with Crippen LogP contribution in [-0.2, 0) is 13.6 Å². The molecule has 2 rings (SSSR count). The Morgan fingerprint density at radius 2 is 2.50 bits per heavy atom. The van der Waals surface area contributed by atoms with Crippen molar-refractivity contribution in [3.63, 3.8) is 0 Å². The molecule has 0 radical (unpaired) electrons. The second-order valence-corrected chi connectivity index (χ2v) is 3.05. The zero-order valence-corrected chi connectivity index (χ0v) is 8.41. The van der Waals surface area contributed by atoms with Crippen LogP contribution in [-0.4, -0.2) is 30.8 Å². The molecule has 2 N–H and O–H groups in total. The van der Waals surface area contributed by atoms with Crippen LogP contribution in [0.1, 0.15) is 16.3 Å². The molecule has 0 amide bonds. The number of hydrogen-bond acceptors (Lipinski definition) is 6. The average molecular weight is 223 g/mol. The van der Waals surface area contributed by atoms with Gasteiger partial charge in [-0.1, -0.05) is 0 Å². The van der Waals surface area contributed by atoms with Crippen molar-refractivity contribution in [2.45, 2.75) is 6.54 Å². The number of anilines is 1. The highest BCUT2D eigenvalue weighted by molar-refractivity contribution is 5.85. The van der Waals surface area contributed by atoms with Gasteiger partial charge in [0.1, 0.15) is 12.6 Å². The molecule has 2 aromatic heterocycles. The van der Waals surface area contributed by atoms with Crippen molar-refractivity contribution in [3.05, 3.63) is 24.1 Å². The molecule has 0 aliphatic rings. The van der Waals surface area contributed by atoms with E-state index >= 15 is 0 Å². The molecular weight excluding hydrogens is 214 g/mol. The lowest BCUT2D eigenvalue weighted by molar-refractivity contribution is 0.0690. The van der Waals surface area contributed by atoms with Crippen LogP contribution in [0.3, 0.4) is 0 Å². The Morgan fingerprint density at radius 3 is 3.06 bits per heavy atom. The number of nitrogens with one attached hydrogen (secondary N) is 1. The van der Waals surface area contributed by atoms with Gasteiger partial charge >= 0.3 is 5.97 Å². The van der Waals surface area contributed by atoms with Gasteiger partial charge in [0.2, 0.25) is 0 Å². The fraction of sp³-hybridized carbons (Fsp3) is 0.250. The fourth-order valence-electron chi connectivity index (χ4n) is 1.07. The summed E-state index contributed by atoms with van der Waals surface area (Å²) >= 11 is 0. The largest absolute Gasteiger partial charge is 0.476 e. The third-order valence-corrected chi connectivity index (χ3v) is 1.93. The van der Waals surface area contributed by atoms with Crippen molar-refractivity contribution >= 4 is 12.0 Å². The lowest BCUT2D eigenvalue weighted by Gasteiger charge is -1.99. The molecule has 0 bridgehead atoms. The topological polar surface area (TPSA) is 106 Å². The van der Waals surface area contributed by atoms with E-state index in [9.17, 15) is 4.79 Å². The van der Waals surface area contributed by atoms with E-state index in [1.807, 2.05) is 0 Å². The molecule has 16 heavy (non-hydrogen) atoms. The van der Waals surface area contributed by atoms with Crippen LogP contribution >= 0.6 is 0 Å². The molecule has 0 atom stereocenters. The lowest BCUT2D eigenvalue weighted by Crippen LogP contribution is -2.06. The predicted octanol–water partition coefficient (Wildman–Crippen LogP) is 0.113. The van der Waals surface area contributed by atoms with E-state index in [1.54, 1.807) is 17.9 Å². The van der Waals surface area contributed by atoms with E-state index in [1.165, 1.54) is 0 Å². The Morgan fingerprint density at radius 1 is 1.69 bits per heavy atom. The number of aryl methyl sites for hydroxylation is 1. The number of carboxylic acids is 1. The number of carboxylic acid groups (broad SMARTS) is 1. The molecule has 0 unspecified atom stereocenters. The van der Waals surface area contributed by atoms with Crippen LogP contribution in [0.5, 0.6) is 0 Å². The van der Waals surface area contributed by atoms with Crippen LogP contribution in [0, 0.1) is 0 Å². The summed E-state index contributed by atoms with van der Waals surface area (Å²) in [5.74, 6) is -0.439. The number of carbonyl (C=O) groups is 1. The van der Waals surface area contributed by atoms with Crippen LogP contribution < -0.4 is 5.32 Å². The Hall–Kier alpha value is -2.38. The molecule has 8 nitrogen and oxygen atoms in total. The maximum absolute atomic E-state index is 10.5. The first-order chi connectivity index (χ1) is 7.66. The summed E-state index contributed by atoms with van der Waals surface area (Å²) in [5, 5.41) is 18.9. The monoisotopic (exact) mass is 223 g/mol. The molecule has 0 aliphatic heterocycles. The standard InChI is InChI=1S/C8H9N5O3/c1-13-4-10-12-6(13)2-9-8-11-5(3-16-8)7(14)15/h3-4H,2H2,1H3,(H,9,11)(H,14,15). The summed E-state index contributed by atoms with van der Waals surface area (Å²) in [6, 6.07) is 0.139. The van der Waals surface area contributed by atoms with Gasteiger partial charge in [0.05, 0.1) is 6.54 Å². The van der Waals surface area contributed by atoms with Crippen LogP contribution in [0.25, 0.3) is 0 Å². The summed E-state index contributed by atoms with van der Waals surface area (Å²) in [5.41, 5.74) is -0.138. The molecule has 2 aromatic rings. The Balaban J connectivity index is 2.00. The van der Waals surface area contributed by atoms with Gasteiger partial charge in [0, 0.05) is 7.05 Å². The van der Waals surface area contributed by atoms with Gasteiger partial charge in [-0.15, -0.1) is 10.2 Å². The van der Waals surface area contributed by atoms with E-state index in [2.05, 4.69) is 20.5 Å². The van der Waals surface area contributed by atoms with E-state index in [0.29, 0.717) is 12.4 Å². The maximum atomic E-state index is 10.5. The average Bonchev–Trinajstić information content (AvgIpc) is 2.83. The second kappa shape index (κ2) is 4.01. The quantitative estimate of drug-likeness (QED) is 0.757. The van der Waals surface area contributed by atoms with E-state index in [0.717, 1.165) is 6.26 Å². The van der Waals surface area contributed by atoms with E-state index in [4.69, 9.17) is 9.52 Å². The van der Waals surface area contributed by atoms with Crippen molar-refractivity contribution in [2.75, 3.05) is 5.32 Å². The first kappa shape index (κ1) is 10.1. The zero-order valence-electron chi connectivity index (χ0n) is 8.41. The number of oxazole rings is 1. The molecule has 0 spiro atoms. The Kier molecular flexibility index (Phi) is 2.54. The summed E-state index contributed by atoms with van der Waals surface area (Å²) < 4.78 is 6.63. The maximum Gasteiger partial charge on any atom is 0.357 e. The minimum Gasteiger partial charge on any atom is -0.476 e. The van der Waals surface area contributed by atoms with Crippen molar-refractivity contribution in [2.24, 2.45) is 7.05 Å². The van der Waals surface area contributed by atoms with Crippen LogP contribution in [0.4, 0.5) is 6.01 Å². The highest BCUT2D eigenvalue weighted by atomic mass is 16.4. The first-order valence-corrected chi connectivity index (χ1v) is 4.42. The summed E-state index contributed by atoms with van der Waals surface area (Å²) in [6.07, 6.45) is 2.64. The molecule has 0 fully saturated rings. The fourth-order valence-corrected chi connectivity index (χ4v) is 1.07. The van der Waals surface area contributed by atoms with Crippen molar-refractivity contribution in [3.8, 4) is 0 Å². The van der Waals surface area contributed by atoms with Gasteiger partial charge in [-0.2, -0.15) is 4.98 Å². The van der Waals surface area contributed by atoms with E-state index < -0.39 is 5.97 Å². The second-order valence-electron chi connectivity index (χ2n) is 3.05. The summed E-state index contributed by atoms with van der Waals surface area (Å²) in [7, 11) is 1.80. The Bertz CT molecular complexity index is 503. The van der Waals surface area contributed by atoms with Crippen LogP contribution in [0.2, 0.25) is 0 Å². The van der Waals surface area contributed by atoms with Gasteiger partial charge in [-0.25, -0.2) is 4.79 Å². The van der Waals surface area contributed by atoms with Crippen molar-refractivity contribution in [1.29, 1.82) is 0 Å². The van der Waals surface area contributed by atoms with Gasteiger partial charge < -0.3 is 19.4 Å². The van der Waals surface area contributed by atoms with Gasteiger partial charge in [0.15, 0.2) is 11.5 Å². The molecular formula is C8H9N5O3. The number of aromatic nitrogens is 4. The molecule has 2 heterocycles. The third-order valence-electron chi connectivity index (χ3n) is 1.93. The zero-order chi connectivity index (χ0) is 11.5. The minimum absolute atomic E-state index is 0.138. The predicted molar refractivity (Wildman–Crippen MR) is 51.8 cm³/mol. The third kappa shape index (κ3) is 2.00. The molecule has 0 aromatic carbocycles. The van der Waals surface area contributed by atoms with Crippen molar-refractivity contribution in [1.82, 2.24) is 19.7 Å². The normalized spacial score (nSPS) is 10.3. The lowest BCUT2D eigenvalue weighted by atomic mass is 10.5. The van der Waals surface area contributed by atoms with Gasteiger partial charge in [-0.3, -0.25) is 0 Å².